The van der Waals surface area contributed by atoms with Crippen LogP contribution >= 0.6 is 0 Å². The lowest BCUT2D eigenvalue weighted by Gasteiger charge is -2.07. The van der Waals surface area contributed by atoms with E-state index in [-0.39, 0.29) is 0 Å². The zero-order valence-corrected chi connectivity index (χ0v) is 12.1. The Hall–Kier alpha value is -2.03. The van der Waals surface area contributed by atoms with Crippen molar-refractivity contribution in [3.05, 3.63) is 52.8 Å². The molecule has 0 amide bonds. The van der Waals surface area contributed by atoms with Gasteiger partial charge in [0.2, 0.25) is 0 Å². The highest BCUT2D eigenvalue weighted by Gasteiger charge is 2.19. The van der Waals surface area contributed by atoms with Crippen molar-refractivity contribution in [2.24, 2.45) is 0 Å². The second kappa shape index (κ2) is 5.06. The van der Waals surface area contributed by atoms with Crippen molar-refractivity contribution in [3.8, 4) is 5.75 Å². The molecular weight excluding hydrogens is 262 g/mol. The van der Waals surface area contributed by atoms with Crippen molar-refractivity contribution in [1.29, 1.82) is 0 Å². The van der Waals surface area contributed by atoms with Gasteiger partial charge in [0.1, 0.15) is 5.75 Å². The molecule has 0 fully saturated rings. The van der Waals surface area contributed by atoms with Gasteiger partial charge in [-0.15, -0.1) is 0 Å². The van der Waals surface area contributed by atoms with Crippen LogP contribution in [0.25, 0.3) is 0 Å². The molecule has 0 unspecified atom stereocenters. The maximum atomic E-state index is 11.9. The maximum absolute atomic E-state index is 11.9. The van der Waals surface area contributed by atoms with Crippen molar-refractivity contribution < 1.29 is 9.53 Å². The van der Waals surface area contributed by atoms with Crippen molar-refractivity contribution in [1.82, 2.24) is 4.57 Å². The SMILES string of the molecule is O=C1CCCc2cn(CCc3ccc4c(c3)CCO4)cc21. The predicted octanol–water partition coefficient (Wildman–Crippen LogP) is 3.18. The number of ether oxygens (including phenoxy) is 1. The van der Waals surface area contributed by atoms with E-state index in [1.54, 1.807) is 0 Å². The van der Waals surface area contributed by atoms with E-state index in [4.69, 9.17) is 4.74 Å². The Kier molecular flexibility index (Phi) is 3.06. The smallest absolute Gasteiger partial charge is 0.164 e. The second-order valence-corrected chi connectivity index (χ2v) is 6.00. The van der Waals surface area contributed by atoms with E-state index in [1.807, 2.05) is 6.20 Å². The number of nitrogens with zero attached hydrogens (tertiary/aromatic N) is 1. The van der Waals surface area contributed by atoms with Crippen molar-refractivity contribution >= 4 is 5.78 Å². The molecule has 3 nitrogen and oxygen atoms in total. The number of aromatic nitrogens is 1. The summed E-state index contributed by atoms with van der Waals surface area (Å²) in [7, 11) is 0. The van der Waals surface area contributed by atoms with E-state index < -0.39 is 0 Å². The molecule has 1 aliphatic heterocycles. The Morgan fingerprint density at radius 2 is 2.05 bits per heavy atom. The topological polar surface area (TPSA) is 31.2 Å². The number of Topliss-reactive ketones (excluding diaryl/α,β-unsaturated/α-hetero) is 1. The van der Waals surface area contributed by atoms with Gasteiger partial charge in [-0.05, 0) is 42.0 Å². The normalized spacial score (nSPS) is 16.5. The van der Waals surface area contributed by atoms with Gasteiger partial charge in [-0.25, -0.2) is 0 Å². The molecule has 0 bridgehead atoms. The maximum Gasteiger partial charge on any atom is 0.164 e. The van der Waals surface area contributed by atoms with Crippen LogP contribution in [0.5, 0.6) is 5.75 Å². The first kappa shape index (κ1) is 12.7. The number of hydrogen-bond acceptors (Lipinski definition) is 2. The third-order valence-electron chi connectivity index (χ3n) is 4.53. The Morgan fingerprint density at radius 3 is 2.95 bits per heavy atom. The molecule has 0 radical (unpaired) electrons. The van der Waals surface area contributed by atoms with Gasteiger partial charge in [-0.1, -0.05) is 12.1 Å². The quantitative estimate of drug-likeness (QED) is 0.865. The van der Waals surface area contributed by atoms with Crippen LogP contribution in [0.2, 0.25) is 0 Å². The molecule has 0 spiro atoms. The van der Waals surface area contributed by atoms with Crippen LogP contribution in [0.3, 0.4) is 0 Å². The predicted molar refractivity (Wildman–Crippen MR) is 81.0 cm³/mol. The van der Waals surface area contributed by atoms with Crippen LogP contribution in [0.1, 0.15) is 39.9 Å². The van der Waals surface area contributed by atoms with E-state index in [0.717, 1.165) is 50.1 Å². The number of aryl methyl sites for hydroxylation is 3. The lowest BCUT2D eigenvalue weighted by molar-refractivity contribution is 0.0973. The summed E-state index contributed by atoms with van der Waals surface area (Å²) in [6.07, 6.45) is 8.97. The van der Waals surface area contributed by atoms with Crippen LogP contribution < -0.4 is 4.74 Å². The van der Waals surface area contributed by atoms with Crippen molar-refractivity contribution in [2.75, 3.05) is 6.61 Å². The third-order valence-corrected chi connectivity index (χ3v) is 4.53. The van der Waals surface area contributed by atoms with E-state index in [2.05, 4.69) is 29.0 Å². The van der Waals surface area contributed by atoms with Crippen LogP contribution in [0, 0.1) is 0 Å². The van der Waals surface area contributed by atoms with Gasteiger partial charge in [0.15, 0.2) is 5.78 Å². The fourth-order valence-corrected chi connectivity index (χ4v) is 3.36. The van der Waals surface area contributed by atoms with Crippen LogP contribution in [0.15, 0.2) is 30.6 Å². The van der Waals surface area contributed by atoms with E-state index in [9.17, 15) is 4.79 Å². The number of carbonyl (C=O) groups is 1. The molecule has 2 aliphatic rings. The first-order valence-electron chi connectivity index (χ1n) is 7.76. The Balaban J connectivity index is 1.48. The van der Waals surface area contributed by atoms with Gasteiger partial charge in [-0.2, -0.15) is 0 Å². The highest BCUT2D eigenvalue weighted by molar-refractivity contribution is 5.98. The number of ketones is 1. The fourth-order valence-electron chi connectivity index (χ4n) is 3.36. The largest absolute Gasteiger partial charge is 0.493 e. The molecule has 2 aromatic rings. The highest BCUT2D eigenvalue weighted by atomic mass is 16.5. The minimum atomic E-state index is 0.310. The minimum absolute atomic E-state index is 0.310. The minimum Gasteiger partial charge on any atom is -0.493 e. The zero-order valence-electron chi connectivity index (χ0n) is 12.1. The van der Waals surface area contributed by atoms with Crippen LogP contribution in [-0.4, -0.2) is 17.0 Å². The van der Waals surface area contributed by atoms with Gasteiger partial charge in [-0.3, -0.25) is 4.79 Å². The number of carbonyl (C=O) groups excluding carboxylic acids is 1. The summed E-state index contributed by atoms with van der Waals surface area (Å²) in [4.78, 5) is 11.9. The lowest BCUT2D eigenvalue weighted by atomic mass is 9.95. The molecule has 3 heteroatoms. The summed E-state index contributed by atoms with van der Waals surface area (Å²) in [6.45, 7) is 1.74. The summed E-state index contributed by atoms with van der Waals surface area (Å²) in [5.74, 6) is 1.35. The first-order chi connectivity index (χ1) is 10.3. The van der Waals surface area contributed by atoms with Crippen molar-refractivity contribution in [3.63, 3.8) is 0 Å². The highest BCUT2D eigenvalue weighted by Crippen LogP contribution is 2.26. The molecule has 0 atom stereocenters. The molecule has 0 N–H and O–H groups in total. The van der Waals surface area contributed by atoms with Gasteiger partial charge in [0, 0.05) is 37.3 Å². The molecule has 0 saturated heterocycles. The monoisotopic (exact) mass is 281 g/mol. The van der Waals surface area contributed by atoms with Gasteiger partial charge < -0.3 is 9.30 Å². The van der Waals surface area contributed by atoms with E-state index in [0.29, 0.717) is 12.2 Å². The third kappa shape index (κ3) is 2.37. The Labute approximate surface area is 124 Å². The van der Waals surface area contributed by atoms with Crippen molar-refractivity contribution in [2.45, 2.75) is 38.6 Å². The molecule has 21 heavy (non-hydrogen) atoms. The number of fused-ring (bicyclic) bond motifs is 2. The molecule has 1 aromatic heterocycles. The fraction of sp³-hybridized carbons (Fsp3) is 0.389. The second-order valence-electron chi connectivity index (χ2n) is 6.00. The average molecular weight is 281 g/mol. The summed E-state index contributed by atoms with van der Waals surface area (Å²) < 4.78 is 7.72. The van der Waals surface area contributed by atoms with Crippen LogP contribution in [0.4, 0.5) is 0 Å². The summed E-state index contributed by atoms with van der Waals surface area (Å²) in [5, 5.41) is 0. The van der Waals surface area contributed by atoms with Gasteiger partial charge in [0.05, 0.1) is 6.61 Å². The van der Waals surface area contributed by atoms with Gasteiger partial charge in [0.25, 0.3) is 0 Å². The molecule has 108 valence electrons. The standard InChI is InChI=1S/C18H19NO2/c20-17-3-1-2-15-11-19(12-16(15)17)8-6-13-4-5-18-14(10-13)7-9-21-18/h4-5,10-12H,1-3,6-9H2. The molecule has 2 heterocycles. The summed E-state index contributed by atoms with van der Waals surface area (Å²) in [6, 6.07) is 6.50. The summed E-state index contributed by atoms with van der Waals surface area (Å²) in [5.41, 5.74) is 4.85. The summed E-state index contributed by atoms with van der Waals surface area (Å²) >= 11 is 0. The Morgan fingerprint density at radius 1 is 1.10 bits per heavy atom. The Bertz CT molecular complexity index is 699. The van der Waals surface area contributed by atoms with Crippen LogP contribution in [-0.2, 0) is 25.8 Å². The molecule has 1 aromatic carbocycles. The number of rotatable bonds is 3. The average Bonchev–Trinajstić information content (AvgIpc) is 3.11. The molecule has 1 aliphatic carbocycles. The van der Waals surface area contributed by atoms with E-state index in [1.165, 1.54) is 16.7 Å². The van der Waals surface area contributed by atoms with Gasteiger partial charge >= 0.3 is 0 Å². The number of hydrogen-bond donors (Lipinski definition) is 0. The molecule has 0 saturated carbocycles. The number of benzene rings is 1. The lowest BCUT2D eigenvalue weighted by Crippen LogP contribution is -2.07. The molecule has 4 rings (SSSR count). The first-order valence-corrected chi connectivity index (χ1v) is 7.76. The van der Waals surface area contributed by atoms with E-state index >= 15 is 0 Å². The molecular formula is C18H19NO2. The zero-order chi connectivity index (χ0) is 14.2.